The van der Waals surface area contributed by atoms with Crippen LogP contribution in [0.4, 0.5) is 0 Å². The first-order valence-corrected chi connectivity index (χ1v) is 16.9. The summed E-state index contributed by atoms with van der Waals surface area (Å²) in [5, 5.41) is 17.2. The lowest BCUT2D eigenvalue weighted by atomic mass is 9.83. The van der Waals surface area contributed by atoms with Gasteiger partial charge in [0, 0.05) is 51.2 Å². The van der Waals surface area contributed by atoms with Crippen LogP contribution >= 0.6 is 0 Å². The van der Waals surface area contributed by atoms with Crippen molar-refractivity contribution in [3.05, 3.63) is 29.8 Å². The van der Waals surface area contributed by atoms with Crippen LogP contribution in [-0.2, 0) is 14.3 Å². The minimum Gasteiger partial charge on any atom is -0.493 e. The number of likely N-dealkylation sites (tertiary alicyclic amines) is 1. The van der Waals surface area contributed by atoms with E-state index in [-0.39, 0.29) is 53.6 Å². The fraction of sp³-hybridized carbons (Fsp3) is 0.743. The first-order chi connectivity index (χ1) is 21.4. The van der Waals surface area contributed by atoms with Gasteiger partial charge in [0.15, 0.2) is 0 Å². The van der Waals surface area contributed by atoms with Crippen LogP contribution < -0.4 is 21.1 Å². The fourth-order valence-electron chi connectivity index (χ4n) is 5.88. The highest BCUT2D eigenvalue weighted by atomic mass is 16.5. The van der Waals surface area contributed by atoms with Crippen molar-refractivity contribution in [1.82, 2.24) is 15.5 Å². The van der Waals surface area contributed by atoms with E-state index in [1.54, 1.807) is 26.2 Å². The Kier molecular flexibility index (Phi) is 17.7. The number of para-hydroxylation sites is 1. The number of ketones is 1. The van der Waals surface area contributed by atoms with Crippen molar-refractivity contribution < 1.29 is 29.0 Å². The van der Waals surface area contributed by atoms with E-state index in [2.05, 4.69) is 29.4 Å². The molecule has 256 valence electrons. The van der Waals surface area contributed by atoms with Gasteiger partial charge in [0.05, 0.1) is 18.3 Å². The number of nitrogens with zero attached hydrogens (tertiary/aromatic N) is 1. The molecule has 1 saturated heterocycles. The predicted octanol–water partition coefficient (Wildman–Crippen LogP) is 3.65. The zero-order chi connectivity index (χ0) is 33.4. The topological polar surface area (TPSA) is 143 Å². The summed E-state index contributed by atoms with van der Waals surface area (Å²) >= 11 is 0. The number of carbonyl (C=O) groups is 3. The van der Waals surface area contributed by atoms with E-state index < -0.39 is 12.1 Å². The van der Waals surface area contributed by atoms with Crippen LogP contribution in [0.5, 0.6) is 5.75 Å². The summed E-state index contributed by atoms with van der Waals surface area (Å²) in [4.78, 5) is 40.1. The maximum atomic E-state index is 13.1. The molecule has 10 nitrogen and oxygen atoms in total. The highest BCUT2D eigenvalue weighted by molar-refractivity contribution is 5.96. The van der Waals surface area contributed by atoms with Gasteiger partial charge in [0.2, 0.25) is 5.91 Å². The quantitative estimate of drug-likeness (QED) is 0.151. The number of carbonyl (C=O) groups excluding carboxylic acids is 3. The summed E-state index contributed by atoms with van der Waals surface area (Å²) in [6.45, 7) is 14.4. The van der Waals surface area contributed by atoms with Crippen LogP contribution in [-0.4, -0.2) is 92.8 Å². The van der Waals surface area contributed by atoms with Gasteiger partial charge in [-0.15, -0.1) is 0 Å². The average molecular weight is 633 g/mol. The normalized spacial score (nSPS) is 17.1. The average Bonchev–Trinajstić information content (AvgIpc) is 3.01. The maximum Gasteiger partial charge on any atom is 0.255 e. The molecule has 0 bridgehead atoms. The third-order valence-corrected chi connectivity index (χ3v) is 9.20. The molecule has 0 aliphatic carbocycles. The van der Waals surface area contributed by atoms with Gasteiger partial charge in [-0.1, -0.05) is 39.8 Å². The molecular weight excluding hydrogens is 572 g/mol. The molecule has 10 heteroatoms. The van der Waals surface area contributed by atoms with Crippen molar-refractivity contribution in [2.75, 3.05) is 53.0 Å². The number of amides is 2. The van der Waals surface area contributed by atoms with E-state index in [0.717, 1.165) is 45.3 Å². The molecule has 1 aliphatic rings. The summed E-state index contributed by atoms with van der Waals surface area (Å²) in [6.07, 6.45) is 3.42. The van der Waals surface area contributed by atoms with Gasteiger partial charge in [0.1, 0.15) is 11.5 Å². The molecule has 1 fully saturated rings. The third-order valence-electron chi connectivity index (χ3n) is 9.20. The number of hydrogen-bond donors (Lipinski definition) is 4. The van der Waals surface area contributed by atoms with Gasteiger partial charge in [-0.3, -0.25) is 14.4 Å². The van der Waals surface area contributed by atoms with Gasteiger partial charge >= 0.3 is 0 Å². The SMILES string of the molecule is COCCCCOc1ccccc1C(=O)NCC(CC(N)C(O)CC(C(=O)NCCN1CCC(C(C)=O)CC1)C(C)C)C(C)C. The largest absolute Gasteiger partial charge is 0.493 e. The number of unbranched alkanes of at least 4 members (excludes halogenated alkanes) is 1. The summed E-state index contributed by atoms with van der Waals surface area (Å²) in [6, 6.07) is 6.70. The number of nitrogens with one attached hydrogen (secondary N) is 2. The maximum absolute atomic E-state index is 13.1. The molecule has 1 aliphatic heterocycles. The van der Waals surface area contributed by atoms with Crippen molar-refractivity contribution in [1.29, 1.82) is 0 Å². The van der Waals surface area contributed by atoms with Crippen molar-refractivity contribution in [3.8, 4) is 5.75 Å². The van der Waals surface area contributed by atoms with Crippen LogP contribution in [0, 0.1) is 29.6 Å². The second-order valence-electron chi connectivity index (χ2n) is 13.3. The zero-order valence-electron chi connectivity index (χ0n) is 28.6. The highest BCUT2D eigenvalue weighted by Gasteiger charge is 2.30. The van der Waals surface area contributed by atoms with Crippen LogP contribution in [0.2, 0.25) is 0 Å². The number of ether oxygens (including phenoxy) is 2. The lowest BCUT2D eigenvalue weighted by molar-refractivity contribution is -0.127. The lowest BCUT2D eigenvalue weighted by Crippen LogP contribution is -2.45. The molecular formula is C35H60N4O6. The molecule has 0 aromatic heterocycles. The van der Waals surface area contributed by atoms with Gasteiger partial charge in [-0.05, 0) is 88.4 Å². The van der Waals surface area contributed by atoms with E-state index in [1.165, 1.54) is 0 Å². The zero-order valence-corrected chi connectivity index (χ0v) is 28.6. The van der Waals surface area contributed by atoms with Crippen molar-refractivity contribution in [3.63, 3.8) is 0 Å². The summed E-state index contributed by atoms with van der Waals surface area (Å²) < 4.78 is 11.0. The van der Waals surface area contributed by atoms with Crippen LogP contribution in [0.3, 0.4) is 0 Å². The Hall–Kier alpha value is -2.53. The lowest BCUT2D eigenvalue weighted by Gasteiger charge is -2.31. The summed E-state index contributed by atoms with van der Waals surface area (Å²) in [7, 11) is 1.67. The summed E-state index contributed by atoms with van der Waals surface area (Å²) in [5.41, 5.74) is 7.00. The first kappa shape index (κ1) is 38.7. The molecule has 1 aromatic carbocycles. The molecule has 2 amide bonds. The number of Topliss-reactive ketones (excluding diaryl/α,β-unsaturated/α-hetero) is 1. The number of piperidine rings is 1. The molecule has 1 aromatic rings. The minimum absolute atomic E-state index is 0.0409. The van der Waals surface area contributed by atoms with E-state index in [9.17, 15) is 19.5 Å². The molecule has 4 unspecified atom stereocenters. The molecule has 5 N–H and O–H groups in total. The predicted molar refractivity (Wildman–Crippen MR) is 178 cm³/mol. The van der Waals surface area contributed by atoms with E-state index in [1.807, 2.05) is 26.0 Å². The Morgan fingerprint density at radius 1 is 1.00 bits per heavy atom. The van der Waals surface area contributed by atoms with Crippen LogP contribution in [0.15, 0.2) is 24.3 Å². The molecule has 0 radical (unpaired) electrons. The van der Waals surface area contributed by atoms with Gasteiger partial charge in [-0.25, -0.2) is 0 Å². The third kappa shape index (κ3) is 13.8. The summed E-state index contributed by atoms with van der Waals surface area (Å²) in [5.74, 6) is 0.648. The number of benzene rings is 1. The number of rotatable bonds is 21. The minimum atomic E-state index is -0.849. The van der Waals surface area contributed by atoms with Crippen molar-refractivity contribution in [2.24, 2.45) is 35.3 Å². The second kappa shape index (κ2) is 20.6. The van der Waals surface area contributed by atoms with Crippen LogP contribution in [0.1, 0.15) is 83.5 Å². The smallest absolute Gasteiger partial charge is 0.255 e. The Morgan fingerprint density at radius 3 is 2.29 bits per heavy atom. The molecule has 1 heterocycles. The van der Waals surface area contributed by atoms with Gasteiger partial charge in [-0.2, -0.15) is 0 Å². The Morgan fingerprint density at radius 2 is 1.67 bits per heavy atom. The Balaban J connectivity index is 1.85. The van der Waals surface area contributed by atoms with Crippen molar-refractivity contribution >= 4 is 17.6 Å². The van der Waals surface area contributed by atoms with Gasteiger partial charge < -0.3 is 35.8 Å². The molecule has 0 spiro atoms. The Bertz CT molecular complexity index is 1030. The molecule has 4 atom stereocenters. The number of aliphatic hydroxyl groups is 1. The van der Waals surface area contributed by atoms with Crippen LogP contribution in [0.25, 0.3) is 0 Å². The molecule has 2 rings (SSSR count). The standard InChI is InChI=1S/C35H60N4O6/c1-24(2)28(23-38-34(42)29-11-7-8-12-33(29)45-20-10-9-19-44-6)21-31(36)32(41)22-30(25(3)4)35(43)37-15-18-39-16-13-27(14-17-39)26(5)40/h7-8,11-12,24-25,27-28,30-32,41H,9-10,13-23,36H2,1-6H3,(H,37,43)(H,38,42). The Labute approximate surface area is 271 Å². The molecule has 0 saturated carbocycles. The fourth-order valence-corrected chi connectivity index (χ4v) is 5.88. The number of methoxy groups -OCH3 is 1. The molecule has 45 heavy (non-hydrogen) atoms. The first-order valence-electron chi connectivity index (χ1n) is 16.9. The van der Waals surface area contributed by atoms with Crippen molar-refractivity contribution in [2.45, 2.75) is 85.3 Å². The number of hydrogen-bond acceptors (Lipinski definition) is 8. The van der Waals surface area contributed by atoms with E-state index >= 15 is 0 Å². The number of aliphatic hydroxyl groups excluding tert-OH is 1. The number of nitrogens with two attached hydrogens (primary N) is 1. The van der Waals surface area contributed by atoms with E-state index in [4.69, 9.17) is 15.2 Å². The highest BCUT2D eigenvalue weighted by Crippen LogP contribution is 2.24. The second-order valence-corrected chi connectivity index (χ2v) is 13.3. The monoisotopic (exact) mass is 632 g/mol. The van der Waals surface area contributed by atoms with E-state index in [0.29, 0.717) is 44.0 Å². The van der Waals surface area contributed by atoms with Gasteiger partial charge in [0.25, 0.3) is 5.91 Å².